The van der Waals surface area contributed by atoms with Crippen molar-refractivity contribution < 1.29 is 0 Å². The third-order valence-electron chi connectivity index (χ3n) is 3.41. The first-order valence-electron chi connectivity index (χ1n) is 5.89. The molecule has 0 amide bonds. The van der Waals surface area contributed by atoms with Gasteiger partial charge in [-0.25, -0.2) is 0 Å². The van der Waals surface area contributed by atoms with Crippen molar-refractivity contribution in [2.75, 3.05) is 0 Å². The molecule has 0 atom stereocenters. The van der Waals surface area contributed by atoms with Gasteiger partial charge in [-0.2, -0.15) is 0 Å². The number of fused-ring (bicyclic) bond motifs is 2. The molecule has 0 aromatic heterocycles. The molecule has 0 N–H and O–H groups in total. The minimum Gasteiger partial charge on any atom is -0.0829 e. The van der Waals surface area contributed by atoms with Crippen LogP contribution in [0.2, 0.25) is 50.2 Å². The zero-order valence-electron chi connectivity index (χ0n) is 10.8. The Morgan fingerprint density at radius 2 is 0.375 bits per heavy atom. The average molecular weight is 523 g/mol. The Labute approximate surface area is 186 Å². The van der Waals surface area contributed by atoms with Crippen molar-refractivity contribution in [1.82, 2.24) is 0 Å². The van der Waals surface area contributed by atoms with E-state index in [4.69, 9.17) is 116 Å². The molecule has 0 unspecified atom stereocenters. The van der Waals surface area contributed by atoms with E-state index in [9.17, 15) is 0 Å². The maximum atomic E-state index is 6.50. The highest BCUT2D eigenvalue weighted by Crippen LogP contribution is 2.55. The van der Waals surface area contributed by atoms with Gasteiger partial charge in [0, 0.05) is 21.5 Å². The summed E-state index contributed by atoms with van der Waals surface area (Å²) in [4.78, 5) is 0. The lowest BCUT2D eigenvalue weighted by Crippen LogP contribution is -1.90. The summed E-state index contributed by atoms with van der Waals surface area (Å²) in [6.07, 6.45) is 0. The number of hydrogen-bond acceptors (Lipinski definition) is 0. The molecule has 0 aliphatic heterocycles. The molecule has 3 aromatic carbocycles. The summed E-state index contributed by atoms with van der Waals surface area (Å²) in [7, 11) is 0. The van der Waals surface area contributed by atoms with E-state index in [1.807, 2.05) is 0 Å². The van der Waals surface area contributed by atoms with Gasteiger partial charge >= 0.3 is 0 Å². The summed E-state index contributed by atoms with van der Waals surface area (Å²) in [6.45, 7) is 0. The standard InChI is InChI=1S/C14Cl10/c15-5-1-2(8(18)12(22)11(21)7(1)17)6(16)4-3(5)9(19)13(23)14(24)10(4)20. The van der Waals surface area contributed by atoms with Gasteiger partial charge in [-0.15, -0.1) is 0 Å². The average Bonchev–Trinajstić information content (AvgIpc) is 2.55. The largest absolute Gasteiger partial charge is 0.0829 e. The van der Waals surface area contributed by atoms with Crippen molar-refractivity contribution in [3.05, 3.63) is 50.2 Å². The van der Waals surface area contributed by atoms with Gasteiger partial charge in [-0.3, -0.25) is 0 Å². The second-order valence-corrected chi connectivity index (χ2v) is 8.42. The Morgan fingerprint density at radius 3 is 0.542 bits per heavy atom. The molecule has 0 aliphatic rings. The molecular formula is C14Cl10. The van der Waals surface area contributed by atoms with Crippen LogP contribution in [0.25, 0.3) is 21.5 Å². The van der Waals surface area contributed by atoms with E-state index in [-0.39, 0.29) is 71.8 Å². The first-order valence-corrected chi connectivity index (χ1v) is 9.67. The van der Waals surface area contributed by atoms with Crippen LogP contribution in [-0.4, -0.2) is 0 Å². The summed E-state index contributed by atoms with van der Waals surface area (Å²) in [5.41, 5.74) is 0. The zero-order valence-corrected chi connectivity index (χ0v) is 18.3. The Balaban J connectivity index is 2.82. The van der Waals surface area contributed by atoms with E-state index >= 15 is 0 Å². The maximum Gasteiger partial charge on any atom is 0.0800 e. The number of rotatable bonds is 0. The molecule has 0 radical (unpaired) electrons. The third kappa shape index (κ3) is 2.66. The second kappa shape index (κ2) is 6.91. The summed E-state index contributed by atoms with van der Waals surface area (Å²) >= 11 is 62.6. The van der Waals surface area contributed by atoms with E-state index in [1.54, 1.807) is 0 Å². The van der Waals surface area contributed by atoms with Crippen molar-refractivity contribution in [3.8, 4) is 0 Å². The number of halogens is 10. The van der Waals surface area contributed by atoms with Gasteiger partial charge < -0.3 is 0 Å². The van der Waals surface area contributed by atoms with Crippen molar-refractivity contribution >= 4 is 138 Å². The summed E-state index contributed by atoms with van der Waals surface area (Å²) in [5.74, 6) is 0. The smallest absolute Gasteiger partial charge is 0.0800 e. The lowest BCUT2D eigenvalue weighted by molar-refractivity contribution is 1.74. The molecule has 10 heteroatoms. The molecule has 0 bridgehead atoms. The van der Waals surface area contributed by atoms with Gasteiger partial charge in [0.2, 0.25) is 0 Å². The van der Waals surface area contributed by atoms with Crippen LogP contribution >= 0.6 is 116 Å². The highest BCUT2D eigenvalue weighted by molar-refractivity contribution is 6.63. The van der Waals surface area contributed by atoms with Crippen LogP contribution in [0, 0.1) is 0 Å². The highest BCUT2D eigenvalue weighted by Gasteiger charge is 2.27. The number of hydrogen-bond donors (Lipinski definition) is 0. The Bertz CT molecular complexity index is 889. The molecule has 0 saturated carbocycles. The maximum absolute atomic E-state index is 6.50. The summed E-state index contributed by atoms with van der Waals surface area (Å²) in [6, 6.07) is 0. The lowest BCUT2D eigenvalue weighted by Gasteiger charge is -2.17. The minimum absolute atomic E-state index is 0.0374. The Kier molecular flexibility index (Phi) is 5.71. The zero-order chi connectivity index (χ0) is 18.1. The van der Waals surface area contributed by atoms with Crippen LogP contribution in [-0.2, 0) is 0 Å². The molecule has 3 rings (SSSR count). The van der Waals surface area contributed by atoms with Crippen molar-refractivity contribution in [3.63, 3.8) is 0 Å². The molecule has 0 nitrogen and oxygen atoms in total. The van der Waals surface area contributed by atoms with E-state index < -0.39 is 0 Å². The summed E-state index contributed by atoms with van der Waals surface area (Å²) < 4.78 is 0. The van der Waals surface area contributed by atoms with Crippen LogP contribution < -0.4 is 0 Å². The van der Waals surface area contributed by atoms with E-state index in [1.165, 1.54) is 0 Å². The molecule has 0 fully saturated rings. The number of benzene rings is 3. The highest BCUT2D eigenvalue weighted by atomic mass is 35.5. The predicted octanol–water partition coefficient (Wildman–Crippen LogP) is 10.5. The quantitative estimate of drug-likeness (QED) is 0.156. The van der Waals surface area contributed by atoms with Crippen molar-refractivity contribution in [1.29, 1.82) is 0 Å². The molecule has 126 valence electrons. The molecule has 0 heterocycles. The van der Waals surface area contributed by atoms with Crippen molar-refractivity contribution in [2.24, 2.45) is 0 Å². The van der Waals surface area contributed by atoms with Crippen LogP contribution in [0.4, 0.5) is 0 Å². The third-order valence-corrected chi connectivity index (χ3v) is 7.77. The first kappa shape index (κ1) is 19.8. The van der Waals surface area contributed by atoms with Gasteiger partial charge in [-0.1, -0.05) is 116 Å². The monoisotopic (exact) mass is 518 g/mol. The fourth-order valence-electron chi connectivity index (χ4n) is 2.34. The lowest BCUT2D eigenvalue weighted by atomic mass is 10.0. The van der Waals surface area contributed by atoms with Gasteiger partial charge in [0.05, 0.1) is 50.2 Å². The minimum atomic E-state index is 0.0374. The molecule has 0 spiro atoms. The second-order valence-electron chi connectivity index (χ2n) is 4.64. The Hall–Kier alpha value is 1.08. The van der Waals surface area contributed by atoms with Crippen LogP contribution in [0.1, 0.15) is 0 Å². The van der Waals surface area contributed by atoms with Crippen LogP contribution in [0.3, 0.4) is 0 Å². The van der Waals surface area contributed by atoms with E-state index in [0.29, 0.717) is 0 Å². The van der Waals surface area contributed by atoms with E-state index in [2.05, 4.69) is 0 Å². The van der Waals surface area contributed by atoms with Gasteiger partial charge in [0.1, 0.15) is 0 Å². The van der Waals surface area contributed by atoms with Gasteiger partial charge in [0.25, 0.3) is 0 Å². The molecule has 24 heavy (non-hydrogen) atoms. The van der Waals surface area contributed by atoms with Crippen molar-refractivity contribution in [2.45, 2.75) is 0 Å². The fraction of sp³-hybridized carbons (Fsp3) is 0. The van der Waals surface area contributed by atoms with E-state index in [0.717, 1.165) is 0 Å². The van der Waals surface area contributed by atoms with Crippen LogP contribution in [0.15, 0.2) is 0 Å². The van der Waals surface area contributed by atoms with Gasteiger partial charge in [0.15, 0.2) is 0 Å². The van der Waals surface area contributed by atoms with Gasteiger partial charge in [-0.05, 0) is 0 Å². The molecular weight excluding hydrogens is 523 g/mol. The summed E-state index contributed by atoms with van der Waals surface area (Å²) in [5, 5.41) is 1.84. The fourth-order valence-corrected chi connectivity index (χ4v) is 5.37. The molecule has 0 aliphatic carbocycles. The SMILES string of the molecule is Clc1c(Cl)c(Cl)c2c(Cl)c3c(Cl)c(Cl)c(Cl)c(Cl)c3c(Cl)c2c1Cl. The Morgan fingerprint density at radius 1 is 0.208 bits per heavy atom. The predicted molar refractivity (Wildman–Crippen MR) is 112 cm³/mol. The molecule has 0 saturated heterocycles. The first-order chi connectivity index (χ1) is 11.1. The normalized spacial score (nSPS) is 11.8. The topological polar surface area (TPSA) is 0 Å². The molecule has 3 aromatic rings. The van der Waals surface area contributed by atoms with Crippen LogP contribution in [0.5, 0.6) is 0 Å².